The molecule has 0 radical (unpaired) electrons. The van der Waals surface area contributed by atoms with E-state index >= 15 is 0 Å². The van der Waals surface area contributed by atoms with Gasteiger partial charge in [-0.05, 0) is 32.2 Å². The van der Waals surface area contributed by atoms with Crippen molar-refractivity contribution in [3.05, 3.63) is 0 Å². The summed E-state index contributed by atoms with van der Waals surface area (Å²) in [6, 6.07) is 0.348. The molecule has 1 saturated heterocycles. The molecule has 0 aromatic carbocycles. The molecule has 0 atom stereocenters. The Bertz CT molecular complexity index is 186. The van der Waals surface area contributed by atoms with Crippen molar-refractivity contribution in [3.8, 4) is 0 Å². The molecule has 1 rings (SSSR count). The molecule has 1 heterocycles. The van der Waals surface area contributed by atoms with Crippen LogP contribution in [0.5, 0.6) is 0 Å². The molecule has 0 unspecified atom stereocenters. The van der Waals surface area contributed by atoms with Gasteiger partial charge in [0.25, 0.3) is 0 Å². The molecule has 1 aliphatic heterocycles. The van der Waals surface area contributed by atoms with Crippen LogP contribution in [0, 0.1) is 5.41 Å². The van der Waals surface area contributed by atoms with Crippen LogP contribution in [0.2, 0.25) is 0 Å². The molecular formula is C12H25NO2. The first-order valence-electron chi connectivity index (χ1n) is 5.80. The first-order valence-corrected chi connectivity index (χ1v) is 5.80. The number of ether oxygens (including phenoxy) is 2. The van der Waals surface area contributed by atoms with Crippen molar-refractivity contribution in [1.29, 1.82) is 0 Å². The Kier molecular flexibility index (Phi) is 4.15. The van der Waals surface area contributed by atoms with Gasteiger partial charge >= 0.3 is 0 Å². The maximum Gasteiger partial charge on any atom is 0.162 e. The van der Waals surface area contributed by atoms with Gasteiger partial charge in [-0.3, -0.25) is 0 Å². The number of hydrogen-bond acceptors (Lipinski definition) is 3. The van der Waals surface area contributed by atoms with E-state index in [2.05, 4.69) is 26.1 Å². The van der Waals surface area contributed by atoms with Crippen LogP contribution in [-0.4, -0.2) is 31.6 Å². The van der Waals surface area contributed by atoms with Gasteiger partial charge in [-0.2, -0.15) is 0 Å². The third-order valence-corrected chi connectivity index (χ3v) is 2.57. The third-order valence-electron chi connectivity index (χ3n) is 2.57. The molecule has 90 valence electrons. The van der Waals surface area contributed by atoms with Crippen LogP contribution in [0.15, 0.2) is 0 Å². The highest BCUT2D eigenvalue weighted by Crippen LogP contribution is 2.19. The number of nitrogens with one attached hydrogen (secondary N) is 1. The van der Waals surface area contributed by atoms with E-state index in [4.69, 9.17) is 9.47 Å². The molecule has 0 aromatic heterocycles. The predicted octanol–water partition coefficient (Wildman–Crippen LogP) is 2.16. The molecule has 1 aliphatic rings. The summed E-state index contributed by atoms with van der Waals surface area (Å²) in [5, 5.41) is 3.47. The van der Waals surface area contributed by atoms with Crippen LogP contribution in [0.4, 0.5) is 0 Å². The van der Waals surface area contributed by atoms with Crippen molar-refractivity contribution < 1.29 is 9.47 Å². The lowest BCUT2D eigenvalue weighted by molar-refractivity contribution is -0.252. The van der Waals surface area contributed by atoms with Gasteiger partial charge in [-0.25, -0.2) is 0 Å². The Hall–Kier alpha value is -0.120. The van der Waals surface area contributed by atoms with E-state index in [1.54, 1.807) is 0 Å². The molecule has 15 heavy (non-hydrogen) atoms. The van der Waals surface area contributed by atoms with Crippen molar-refractivity contribution in [2.45, 2.75) is 52.9 Å². The Morgan fingerprint density at radius 2 is 1.73 bits per heavy atom. The summed E-state index contributed by atoms with van der Waals surface area (Å²) in [6.07, 6.45) is 1.17. The molecule has 1 fully saturated rings. The van der Waals surface area contributed by atoms with E-state index in [-0.39, 0.29) is 0 Å². The summed E-state index contributed by atoms with van der Waals surface area (Å²) in [7, 11) is 0. The maximum atomic E-state index is 5.58. The van der Waals surface area contributed by atoms with Crippen LogP contribution >= 0.6 is 0 Å². The first-order chi connectivity index (χ1) is 6.79. The molecule has 1 N–H and O–H groups in total. The Morgan fingerprint density at radius 1 is 1.20 bits per heavy atom. The first kappa shape index (κ1) is 12.9. The maximum absolute atomic E-state index is 5.58. The third kappa shape index (κ3) is 5.50. The molecule has 0 aliphatic carbocycles. The molecule has 0 spiro atoms. The summed E-state index contributed by atoms with van der Waals surface area (Å²) >= 11 is 0. The lowest BCUT2D eigenvalue weighted by Gasteiger charge is -2.35. The van der Waals surface area contributed by atoms with Crippen molar-refractivity contribution in [1.82, 2.24) is 5.32 Å². The minimum atomic E-state index is -0.401. The summed E-state index contributed by atoms with van der Waals surface area (Å²) in [5.41, 5.74) is 0.392. The van der Waals surface area contributed by atoms with Gasteiger partial charge in [0, 0.05) is 0 Å². The van der Waals surface area contributed by atoms with E-state index in [1.165, 1.54) is 6.42 Å². The zero-order valence-electron chi connectivity index (χ0n) is 10.7. The van der Waals surface area contributed by atoms with Gasteiger partial charge in [0.05, 0.1) is 19.3 Å². The van der Waals surface area contributed by atoms with E-state index in [9.17, 15) is 0 Å². The molecule has 3 heteroatoms. The van der Waals surface area contributed by atoms with Crippen molar-refractivity contribution in [2.75, 3.05) is 19.8 Å². The molecule has 0 saturated carbocycles. The van der Waals surface area contributed by atoms with E-state index in [0.29, 0.717) is 11.5 Å². The van der Waals surface area contributed by atoms with Gasteiger partial charge in [0.15, 0.2) is 5.79 Å². The van der Waals surface area contributed by atoms with Gasteiger partial charge in [-0.15, -0.1) is 0 Å². The average molecular weight is 215 g/mol. The molecular weight excluding hydrogens is 190 g/mol. The standard InChI is InChI=1S/C12H25NO2/c1-11(2,3)6-7-13-10-8-14-12(4,5)15-9-10/h10,13H,6-9H2,1-5H3. The highest BCUT2D eigenvalue weighted by molar-refractivity contribution is 4.74. The Morgan fingerprint density at radius 3 is 2.20 bits per heavy atom. The molecule has 0 bridgehead atoms. The minimum Gasteiger partial charge on any atom is -0.349 e. The van der Waals surface area contributed by atoms with Crippen LogP contribution in [0.3, 0.4) is 0 Å². The van der Waals surface area contributed by atoms with E-state index < -0.39 is 5.79 Å². The highest BCUT2D eigenvalue weighted by atomic mass is 16.7. The second-order valence-electron chi connectivity index (χ2n) is 5.98. The van der Waals surface area contributed by atoms with E-state index in [0.717, 1.165) is 19.8 Å². The summed E-state index contributed by atoms with van der Waals surface area (Å²) < 4.78 is 11.2. The van der Waals surface area contributed by atoms with Crippen LogP contribution < -0.4 is 5.32 Å². The second kappa shape index (κ2) is 4.81. The predicted molar refractivity (Wildman–Crippen MR) is 61.8 cm³/mol. The second-order valence-corrected chi connectivity index (χ2v) is 5.98. The van der Waals surface area contributed by atoms with Gasteiger partial charge in [0.2, 0.25) is 0 Å². The SMILES string of the molecule is CC(C)(C)CCNC1COC(C)(C)OC1. The lowest BCUT2D eigenvalue weighted by Crippen LogP contribution is -2.49. The Labute approximate surface area is 93.5 Å². The van der Waals surface area contributed by atoms with Crippen molar-refractivity contribution >= 4 is 0 Å². The summed E-state index contributed by atoms with van der Waals surface area (Å²) in [4.78, 5) is 0. The van der Waals surface area contributed by atoms with Crippen LogP contribution in [-0.2, 0) is 9.47 Å². The quantitative estimate of drug-likeness (QED) is 0.782. The molecule has 0 amide bonds. The largest absolute Gasteiger partial charge is 0.349 e. The average Bonchev–Trinajstić information content (AvgIpc) is 2.06. The smallest absolute Gasteiger partial charge is 0.162 e. The normalized spacial score (nSPS) is 23.0. The fraction of sp³-hybridized carbons (Fsp3) is 1.00. The number of rotatable bonds is 3. The Balaban J connectivity index is 2.14. The van der Waals surface area contributed by atoms with Crippen molar-refractivity contribution in [3.63, 3.8) is 0 Å². The van der Waals surface area contributed by atoms with Crippen LogP contribution in [0.25, 0.3) is 0 Å². The minimum absolute atomic E-state index is 0.348. The zero-order chi connectivity index (χ0) is 11.5. The number of hydrogen-bond donors (Lipinski definition) is 1. The van der Waals surface area contributed by atoms with Gasteiger partial charge in [0.1, 0.15) is 0 Å². The van der Waals surface area contributed by atoms with Gasteiger partial charge < -0.3 is 14.8 Å². The van der Waals surface area contributed by atoms with Crippen molar-refractivity contribution in [2.24, 2.45) is 5.41 Å². The zero-order valence-corrected chi connectivity index (χ0v) is 10.7. The fourth-order valence-corrected chi connectivity index (χ4v) is 1.46. The molecule has 0 aromatic rings. The highest BCUT2D eigenvalue weighted by Gasteiger charge is 2.27. The monoisotopic (exact) mass is 215 g/mol. The van der Waals surface area contributed by atoms with Gasteiger partial charge in [-0.1, -0.05) is 20.8 Å². The van der Waals surface area contributed by atoms with E-state index in [1.807, 2.05) is 13.8 Å². The fourth-order valence-electron chi connectivity index (χ4n) is 1.46. The summed E-state index contributed by atoms with van der Waals surface area (Å²) in [6.45, 7) is 13.2. The van der Waals surface area contributed by atoms with Crippen LogP contribution in [0.1, 0.15) is 41.0 Å². The lowest BCUT2D eigenvalue weighted by atomic mass is 9.92. The molecule has 3 nitrogen and oxygen atoms in total. The topological polar surface area (TPSA) is 30.5 Å². The summed E-state index contributed by atoms with van der Waals surface area (Å²) in [5.74, 6) is -0.401.